The predicted octanol–water partition coefficient (Wildman–Crippen LogP) is 6.60. The molecule has 4 rings (SSSR count). The van der Waals surface area contributed by atoms with E-state index < -0.39 is 0 Å². The quantitative estimate of drug-likeness (QED) is 0.244. The molecule has 0 aromatic heterocycles. The fourth-order valence-electron chi connectivity index (χ4n) is 2.79. The van der Waals surface area contributed by atoms with Gasteiger partial charge in [-0.05, 0) is 83.9 Å². The molecule has 0 spiro atoms. The summed E-state index contributed by atoms with van der Waals surface area (Å²) in [5.41, 5.74) is 3.86. The van der Waals surface area contributed by atoms with Gasteiger partial charge in [0.15, 0.2) is 0 Å². The molecule has 0 N–H and O–H groups in total. The van der Waals surface area contributed by atoms with Crippen LogP contribution in [0.3, 0.4) is 0 Å². The summed E-state index contributed by atoms with van der Waals surface area (Å²) >= 11 is 0. The zero-order valence-corrected chi connectivity index (χ0v) is 17.0. The van der Waals surface area contributed by atoms with Crippen LogP contribution in [0.4, 0.5) is 11.4 Å². The van der Waals surface area contributed by atoms with Crippen LogP contribution in [0.1, 0.15) is 11.1 Å². The average molecular weight is 406 g/mol. The number of benzene rings is 4. The molecule has 4 nitrogen and oxygen atoms in total. The first-order valence-corrected chi connectivity index (χ1v) is 9.99. The lowest BCUT2D eigenvalue weighted by Crippen LogP contribution is -2.05. The first-order chi connectivity index (χ1) is 15.3. The van der Waals surface area contributed by atoms with Crippen molar-refractivity contribution in [3.8, 4) is 11.5 Å². The Morgan fingerprint density at radius 3 is 1.26 bits per heavy atom. The average Bonchev–Trinajstić information content (AvgIpc) is 2.84. The maximum Gasteiger partial charge on any atom is 0.230 e. The van der Waals surface area contributed by atoms with Gasteiger partial charge in [0, 0.05) is 12.4 Å². The van der Waals surface area contributed by atoms with Crippen molar-refractivity contribution in [2.75, 3.05) is 6.79 Å². The zero-order valence-electron chi connectivity index (χ0n) is 17.0. The van der Waals surface area contributed by atoms with Gasteiger partial charge in [0.1, 0.15) is 11.5 Å². The number of rotatable bonds is 8. The van der Waals surface area contributed by atoms with Crippen LogP contribution in [-0.2, 0) is 0 Å². The summed E-state index contributed by atoms with van der Waals surface area (Å²) in [6, 6.07) is 35.1. The maximum absolute atomic E-state index is 5.67. The van der Waals surface area contributed by atoms with E-state index in [1.165, 1.54) is 0 Å². The highest BCUT2D eigenvalue weighted by Gasteiger charge is 1.97. The molecule has 0 aliphatic heterocycles. The van der Waals surface area contributed by atoms with Crippen LogP contribution >= 0.6 is 0 Å². The standard InChI is InChI=1S/C27H22N2O2/c1-3-7-24(8-4-1)28-19-22-11-15-26(16-12-22)30-21-31-27-17-13-23(14-18-27)20-29-25-9-5-2-6-10-25/h1-20H,21H2. The van der Waals surface area contributed by atoms with E-state index in [0.29, 0.717) is 0 Å². The number of ether oxygens (including phenoxy) is 2. The molecular weight excluding hydrogens is 384 g/mol. The summed E-state index contributed by atoms with van der Waals surface area (Å²) in [6.45, 7) is 0.134. The Balaban J connectivity index is 1.24. The topological polar surface area (TPSA) is 43.2 Å². The van der Waals surface area contributed by atoms with Crippen molar-refractivity contribution in [2.45, 2.75) is 0 Å². The number of aliphatic imine (C=N–C) groups is 2. The van der Waals surface area contributed by atoms with E-state index in [2.05, 4.69) is 9.98 Å². The highest BCUT2D eigenvalue weighted by atomic mass is 16.7. The van der Waals surface area contributed by atoms with Crippen LogP contribution in [0.25, 0.3) is 0 Å². The second-order valence-electron chi connectivity index (χ2n) is 6.73. The SMILES string of the molecule is C(=Nc1ccccc1)c1ccc(OCOc2ccc(C=Nc3ccccc3)cc2)cc1. The van der Waals surface area contributed by atoms with Crippen molar-refractivity contribution in [3.63, 3.8) is 0 Å². The highest BCUT2D eigenvalue weighted by Crippen LogP contribution is 2.16. The minimum absolute atomic E-state index is 0.134. The third-order valence-electron chi connectivity index (χ3n) is 4.45. The van der Waals surface area contributed by atoms with Crippen molar-refractivity contribution < 1.29 is 9.47 Å². The molecule has 0 bridgehead atoms. The van der Waals surface area contributed by atoms with Gasteiger partial charge in [-0.15, -0.1) is 0 Å². The molecule has 0 saturated carbocycles. The summed E-state index contributed by atoms with van der Waals surface area (Å²) in [5, 5.41) is 0. The Morgan fingerprint density at radius 2 is 0.871 bits per heavy atom. The maximum atomic E-state index is 5.67. The molecule has 0 amide bonds. The lowest BCUT2D eigenvalue weighted by molar-refractivity contribution is 0.120. The van der Waals surface area contributed by atoms with Crippen LogP contribution < -0.4 is 9.47 Å². The van der Waals surface area contributed by atoms with Gasteiger partial charge in [-0.3, -0.25) is 9.98 Å². The Labute approximate surface area is 182 Å². The van der Waals surface area contributed by atoms with Gasteiger partial charge < -0.3 is 9.47 Å². The first-order valence-electron chi connectivity index (χ1n) is 9.99. The smallest absolute Gasteiger partial charge is 0.230 e. The van der Waals surface area contributed by atoms with Gasteiger partial charge in [0.25, 0.3) is 0 Å². The minimum Gasteiger partial charge on any atom is -0.458 e. The van der Waals surface area contributed by atoms with E-state index in [9.17, 15) is 0 Å². The highest BCUT2D eigenvalue weighted by molar-refractivity contribution is 5.82. The van der Waals surface area contributed by atoms with Gasteiger partial charge in [0.2, 0.25) is 6.79 Å². The van der Waals surface area contributed by atoms with Crippen molar-refractivity contribution in [1.82, 2.24) is 0 Å². The number of hydrogen-bond acceptors (Lipinski definition) is 4. The Bertz CT molecular complexity index is 1030. The van der Waals surface area contributed by atoms with Crippen molar-refractivity contribution >= 4 is 23.8 Å². The minimum atomic E-state index is 0.134. The van der Waals surface area contributed by atoms with Gasteiger partial charge in [0.05, 0.1) is 11.4 Å². The monoisotopic (exact) mass is 406 g/mol. The zero-order chi connectivity index (χ0) is 21.1. The van der Waals surface area contributed by atoms with E-state index in [0.717, 1.165) is 34.0 Å². The largest absolute Gasteiger partial charge is 0.458 e. The molecular formula is C27H22N2O2. The second-order valence-corrected chi connectivity index (χ2v) is 6.73. The predicted molar refractivity (Wildman–Crippen MR) is 126 cm³/mol. The molecule has 4 heteroatoms. The van der Waals surface area contributed by atoms with E-state index in [1.807, 2.05) is 122 Å². The molecule has 0 saturated heterocycles. The molecule has 0 aliphatic carbocycles. The molecule has 0 heterocycles. The second kappa shape index (κ2) is 10.6. The van der Waals surface area contributed by atoms with Gasteiger partial charge >= 0.3 is 0 Å². The molecule has 152 valence electrons. The lowest BCUT2D eigenvalue weighted by Gasteiger charge is -2.08. The summed E-state index contributed by atoms with van der Waals surface area (Å²) in [7, 11) is 0. The van der Waals surface area contributed by atoms with Gasteiger partial charge in [-0.25, -0.2) is 0 Å². The third kappa shape index (κ3) is 6.41. The fourth-order valence-corrected chi connectivity index (χ4v) is 2.79. The Morgan fingerprint density at radius 1 is 0.484 bits per heavy atom. The van der Waals surface area contributed by atoms with Crippen molar-refractivity contribution in [2.24, 2.45) is 9.98 Å². The van der Waals surface area contributed by atoms with Gasteiger partial charge in [-0.1, -0.05) is 36.4 Å². The van der Waals surface area contributed by atoms with E-state index >= 15 is 0 Å². The summed E-state index contributed by atoms with van der Waals surface area (Å²) in [6.07, 6.45) is 3.66. The molecule has 4 aromatic rings. The van der Waals surface area contributed by atoms with Crippen LogP contribution in [0, 0.1) is 0 Å². The Kier molecular flexibility index (Phi) is 6.85. The lowest BCUT2D eigenvalue weighted by atomic mass is 10.2. The van der Waals surface area contributed by atoms with E-state index in [1.54, 1.807) is 0 Å². The molecule has 0 aliphatic rings. The van der Waals surface area contributed by atoms with Crippen molar-refractivity contribution in [1.29, 1.82) is 0 Å². The molecule has 0 unspecified atom stereocenters. The van der Waals surface area contributed by atoms with Crippen LogP contribution in [0.15, 0.2) is 119 Å². The molecule has 0 radical (unpaired) electrons. The molecule has 0 atom stereocenters. The number of hydrogen-bond donors (Lipinski definition) is 0. The van der Waals surface area contributed by atoms with Crippen LogP contribution in [-0.4, -0.2) is 19.2 Å². The van der Waals surface area contributed by atoms with E-state index in [4.69, 9.17) is 9.47 Å². The summed E-state index contributed by atoms with van der Waals surface area (Å²) in [5.74, 6) is 1.48. The third-order valence-corrected chi connectivity index (χ3v) is 4.45. The molecule has 0 fully saturated rings. The summed E-state index contributed by atoms with van der Waals surface area (Å²) in [4.78, 5) is 8.89. The van der Waals surface area contributed by atoms with Gasteiger partial charge in [-0.2, -0.15) is 0 Å². The summed E-state index contributed by atoms with van der Waals surface area (Å²) < 4.78 is 11.3. The van der Waals surface area contributed by atoms with Crippen LogP contribution in [0.5, 0.6) is 11.5 Å². The van der Waals surface area contributed by atoms with E-state index in [-0.39, 0.29) is 6.79 Å². The fraction of sp³-hybridized carbons (Fsp3) is 0.0370. The molecule has 31 heavy (non-hydrogen) atoms. The normalized spacial score (nSPS) is 11.1. The first kappa shape index (κ1) is 20.1. The van der Waals surface area contributed by atoms with Crippen LogP contribution in [0.2, 0.25) is 0 Å². The molecule has 4 aromatic carbocycles. The van der Waals surface area contributed by atoms with Crippen molar-refractivity contribution in [3.05, 3.63) is 120 Å². The Hall–Kier alpha value is -4.18. The number of nitrogens with zero attached hydrogens (tertiary/aromatic N) is 2. The number of para-hydroxylation sites is 2.